The summed E-state index contributed by atoms with van der Waals surface area (Å²) in [7, 11) is 0. The summed E-state index contributed by atoms with van der Waals surface area (Å²) in [6, 6.07) is 6.41. The van der Waals surface area contributed by atoms with Crippen molar-refractivity contribution in [2.24, 2.45) is 0 Å². The highest BCUT2D eigenvalue weighted by atomic mass is 35.5. The summed E-state index contributed by atoms with van der Waals surface area (Å²) < 4.78 is 7.68. The van der Waals surface area contributed by atoms with Gasteiger partial charge in [-0.3, -0.25) is 0 Å². The highest BCUT2D eigenvalue weighted by Gasteiger charge is 2.10. The summed E-state index contributed by atoms with van der Waals surface area (Å²) >= 11 is 5.87. The largest absolute Gasteiger partial charge is 0.382 e. The molecule has 0 N–H and O–H groups in total. The maximum Gasteiger partial charge on any atom is 0.111 e. The quantitative estimate of drug-likeness (QED) is 0.573. The van der Waals surface area contributed by atoms with Crippen LogP contribution < -0.4 is 0 Å². The molecule has 0 bridgehead atoms. The van der Waals surface area contributed by atoms with E-state index in [-0.39, 0.29) is 0 Å². The number of alkyl halides is 1. The highest BCUT2D eigenvalue weighted by Crippen LogP contribution is 2.19. The highest BCUT2D eigenvalue weighted by molar-refractivity contribution is 6.17. The van der Waals surface area contributed by atoms with E-state index >= 15 is 0 Å². The molecule has 1 aromatic carbocycles. The number of imidazole rings is 1. The average molecular weight is 281 g/mol. The van der Waals surface area contributed by atoms with E-state index in [1.807, 2.05) is 6.92 Å². The predicted molar refractivity (Wildman–Crippen MR) is 80.0 cm³/mol. The Bertz CT molecular complexity index is 536. The lowest BCUT2D eigenvalue weighted by atomic mass is 10.2. The van der Waals surface area contributed by atoms with Crippen molar-refractivity contribution in [1.82, 2.24) is 9.55 Å². The van der Waals surface area contributed by atoms with Crippen molar-refractivity contribution in [3.8, 4) is 0 Å². The predicted octanol–water partition coefficient (Wildman–Crippen LogP) is 3.55. The van der Waals surface area contributed by atoms with Crippen molar-refractivity contribution in [2.45, 2.75) is 33.2 Å². The molecule has 0 aliphatic carbocycles. The molecule has 0 amide bonds. The SMILES string of the molecule is CCOCCCn1c(CCCl)nc2cc(C)ccc21. The molecule has 2 rings (SSSR count). The second-order valence-corrected chi connectivity index (χ2v) is 5.04. The Morgan fingerprint density at radius 2 is 2.21 bits per heavy atom. The Hall–Kier alpha value is -1.06. The van der Waals surface area contributed by atoms with Crippen LogP contribution in [0.1, 0.15) is 24.7 Å². The van der Waals surface area contributed by atoms with E-state index in [0.717, 1.165) is 43.9 Å². The molecule has 0 fully saturated rings. The van der Waals surface area contributed by atoms with Crippen molar-refractivity contribution >= 4 is 22.6 Å². The third kappa shape index (κ3) is 3.48. The molecule has 19 heavy (non-hydrogen) atoms. The van der Waals surface area contributed by atoms with Gasteiger partial charge in [0.1, 0.15) is 5.82 Å². The van der Waals surface area contributed by atoms with E-state index in [1.165, 1.54) is 11.1 Å². The van der Waals surface area contributed by atoms with Gasteiger partial charge in [0.25, 0.3) is 0 Å². The molecule has 0 radical (unpaired) electrons. The van der Waals surface area contributed by atoms with Crippen LogP contribution in [0.2, 0.25) is 0 Å². The van der Waals surface area contributed by atoms with Crippen molar-refractivity contribution in [1.29, 1.82) is 0 Å². The van der Waals surface area contributed by atoms with Crippen LogP contribution in [0.25, 0.3) is 11.0 Å². The second kappa shape index (κ2) is 6.92. The van der Waals surface area contributed by atoms with Gasteiger partial charge >= 0.3 is 0 Å². The molecule has 4 heteroatoms. The third-order valence-corrected chi connectivity index (χ3v) is 3.36. The van der Waals surface area contributed by atoms with Gasteiger partial charge in [0.15, 0.2) is 0 Å². The van der Waals surface area contributed by atoms with Crippen molar-refractivity contribution in [2.75, 3.05) is 19.1 Å². The molecule has 104 valence electrons. The first-order valence-electron chi connectivity index (χ1n) is 6.85. The molecule has 0 saturated heterocycles. The van der Waals surface area contributed by atoms with Gasteiger partial charge in [-0.15, -0.1) is 11.6 Å². The van der Waals surface area contributed by atoms with Gasteiger partial charge in [-0.25, -0.2) is 4.98 Å². The minimum Gasteiger partial charge on any atom is -0.382 e. The molecular formula is C15H21ClN2O. The second-order valence-electron chi connectivity index (χ2n) is 4.66. The van der Waals surface area contributed by atoms with E-state index in [1.54, 1.807) is 0 Å². The van der Waals surface area contributed by atoms with E-state index < -0.39 is 0 Å². The van der Waals surface area contributed by atoms with Crippen LogP contribution >= 0.6 is 11.6 Å². The molecular weight excluding hydrogens is 260 g/mol. The molecule has 3 nitrogen and oxygen atoms in total. The number of nitrogens with zero attached hydrogens (tertiary/aromatic N) is 2. The monoisotopic (exact) mass is 280 g/mol. The Morgan fingerprint density at radius 3 is 2.95 bits per heavy atom. The normalized spacial score (nSPS) is 11.3. The van der Waals surface area contributed by atoms with Gasteiger partial charge < -0.3 is 9.30 Å². The molecule has 0 spiro atoms. The van der Waals surface area contributed by atoms with Crippen LogP contribution in [0.4, 0.5) is 0 Å². The van der Waals surface area contributed by atoms with Gasteiger partial charge in [-0.1, -0.05) is 6.07 Å². The van der Waals surface area contributed by atoms with Gasteiger partial charge in [-0.05, 0) is 38.0 Å². The van der Waals surface area contributed by atoms with Crippen LogP contribution in [0.15, 0.2) is 18.2 Å². The van der Waals surface area contributed by atoms with Gasteiger partial charge in [-0.2, -0.15) is 0 Å². The summed E-state index contributed by atoms with van der Waals surface area (Å²) in [5.74, 6) is 1.68. The number of fused-ring (bicyclic) bond motifs is 1. The summed E-state index contributed by atoms with van der Waals surface area (Å²) in [6.45, 7) is 6.62. The number of hydrogen-bond acceptors (Lipinski definition) is 2. The molecule has 0 aliphatic heterocycles. The molecule has 0 saturated carbocycles. The van der Waals surface area contributed by atoms with Crippen LogP contribution in [-0.4, -0.2) is 28.6 Å². The number of ether oxygens (including phenoxy) is 1. The Balaban J connectivity index is 2.24. The zero-order valence-corrected chi connectivity index (χ0v) is 12.4. The zero-order valence-electron chi connectivity index (χ0n) is 11.7. The standard InChI is InChI=1S/C15H21ClN2O/c1-3-19-10-4-9-18-14-6-5-12(2)11-13(14)17-15(18)7-8-16/h5-6,11H,3-4,7-10H2,1-2H3. The van der Waals surface area contributed by atoms with Gasteiger partial charge in [0, 0.05) is 32.1 Å². The van der Waals surface area contributed by atoms with Crippen molar-refractivity contribution in [3.05, 3.63) is 29.6 Å². The van der Waals surface area contributed by atoms with E-state index in [2.05, 4.69) is 29.7 Å². The number of rotatable bonds is 7. The van der Waals surface area contributed by atoms with Crippen molar-refractivity contribution < 1.29 is 4.74 Å². The van der Waals surface area contributed by atoms with Gasteiger partial charge in [0.05, 0.1) is 11.0 Å². The fraction of sp³-hybridized carbons (Fsp3) is 0.533. The first kappa shape index (κ1) is 14.4. The Kier molecular flexibility index (Phi) is 5.23. The van der Waals surface area contributed by atoms with Crippen LogP contribution in [0.5, 0.6) is 0 Å². The maximum absolute atomic E-state index is 5.87. The lowest BCUT2D eigenvalue weighted by molar-refractivity contribution is 0.141. The van der Waals surface area contributed by atoms with Crippen LogP contribution in [0, 0.1) is 6.92 Å². The number of aromatic nitrogens is 2. The molecule has 1 heterocycles. The first-order chi connectivity index (χ1) is 9.26. The fourth-order valence-corrected chi connectivity index (χ4v) is 2.45. The lowest BCUT2D eigenvalue weighted by Gasteiger charge is -2.08. The summed E-state index contributed by atoms with van der Waals surface area (Å²) in [5.41, 5.74) is 3.50. The zero-order chi connectivity index (χ0) is 13.7. The summed E-state index contributed by atoms with van der Waals surface area (Å²) in [5, 5.41) is 0. The minimum atomic E-state index is 0.605. The first-order valence-corrected chi connectivity index (χ1v) is 7.39. The van der Waals surface area contributed by atoms with Crippen LogP contribution in [-0.2, 0) is 17.7 Å². The smallest absolute Gasteiger partial charge is 0.111 e. The molecule has 1 aromatic heterocycles. The summed E-state index contributed by atoms with van der Waals surface area (Å²) in [6.07, 6.45) is 1.81. The van der Waals surface area contributed by atoms with E-state index in [0.29, 0.717) is 5.88 Å². The van der Waals surface area contributed by atoms with Crippen LogP contribution in [0.3, 0.4) is 0 Å². The number of aryl methyl sites for hydroxylation is 3. The topological polar surface area (TPSA) is 27.1 Å². The van der Waals surface area contributed by atoms with Crippen molar-refractivity contribution in [3.63, 3.8) is 0 Å². The Morgan fingerprint density at radius 1 is 1.37 bits per heavy atom. The number of hydrogen-bond donors (Lipinski definition) is 0. The van der Waals surface area contributed by atoms with E-state index in [4.69, 9.17) is 21.3 Å². The molecule has 0 unspecified atom stereocenters. The third-order valence-electron chi connectivity index (χ3n) is 3.18. The average Bonchev–Trinajstić information content (AvgIpc) is 2.72. The molecule has 0 aliphatic rings. The number of benzene rings is 1. The molecule has 0 atom stereocenters. The van der Waals surface area contributed by atoms with E-state index in [9.17, 15) is 0 Å². The number of halogens is 1. The van der Waals surface area contributed by atoms with Gasteiger partial charge in [0.2, 0.25) is 0 Å². The summed E-state index contributed by atoms with van der Waals surface area (Å²) in [4.78, 5) is 4.70. The fourth-order valence-electron chi connectivity index (χ4n) is 2.28. The lowest BCUT2D eigenvalue weighted by Crippen LogP contribution is -2.07. The minimum absolute atomic E-state index is 0.605. The molecule has 2 aromatic rings. The Labute approximate surface area is 119 Å². The maximum atomic E-state index is 5.87.